The van der Waals surface area contributed by atoms with Crippen LogP contribution < -0.4 is 11.1 Å². The van der Waals surface area contributed by atoms with Gasteiger partial charge in [-0.2, -0.15) is 0 Å². The van der Waals surface area contributed by atoms with Gasteiger partial charge in [0.25, 0.3) is 0 Å². The highest BCUT2D eigenvalue weighted by atomic mass is 32.1. The number of fused-ring (bicyclic) bond motifs is 1. The first-order valence-corrected chi connectivity index (χ1v) is 11.5. The number of carbonyl (C=O) groups excluding carboxylic acids is 1. The molecule has 0 aliphatic carbocycles. The van der Waals surface area contributed by atoms with Gasteiger partial charge < -0.3 is 16.0 Å². The van der Waals surface area contributed by atoms with Crippen molar-refractivity contribution >= 4 is 40.7 Å². The minimum absolute atomic E-state index is 0.109. The normalized spacial score (nSPS) is 11.1. The van der Waals surface area contributed by atoms with E-state index in [2.05, 4.69) is 34.5 Å². The number of hydrogen-bond acceptors (Lipinski definition) is 5. The van der Waals surface area contributed by atoms with Crippen LogP contribution in [0.25, 0.3) is 16.6 Å². The summed E-state index contributed by atoms with van der Waals surface area (Å²) in [5, 5.41) is 3.61. The van der Waals surface area contributed by atoms with E-state index in [0.29, 0.717) is 21.5 Å². The largest absolute Gasteiger partial charge is 0.396 e. The van der Waals surface area contributed by atoms with Gasteiger partial charge in [0.15, 0.2) is 5.82 Å². The standard InChI is InChI=1S/C21H20F2N4O.C6H5FS/c1-3-7-25-9-12(4-2)13-8-14-15(11-27-21(14)26-10-13)20(28)18-16(22)5-6-17(24)19(18)23;7-5-2-1-3-6(8)4-5/h4-6,8-11,25H,2-3,7,24H2,1H3,(H,26,27);1-4,8H/b12-9+;. The number of thiol groups is 1. The molecule has 0 atom stereocenters. The van der Waals surface area contributed by atoms with Crippen LogP contribution in [-0.2, 0) is 0 Å². The Hall–Kier alpha value is -3.98. The van der Waals surface area contributed by atoms with Crippen LogP contribution in [0.2, 0.25) is 0 Å². The number of nitrogens with one attached hydrogen (secondary N) is 2. The van der Waals surface area contributed by atoms with E-state index in [1.54, 1.807) is 30.5 Å². The van der Waals surface area contributed by atoms with Crippen LogP contribution in [0.3, 0.4) is 0 Å². The molecule has 0 aliphatic rings. The van der Waals surface area contributed by atoms with Gasteiger partial charge in [-0.3, -0.25) is 4.79 Å². The Labute approximate surface area is 212 Å². The topological polar surface area (TPSA) is 83.8 Å². The third-order valence-electron chi connectivity index (χ3n) is 5.14. The zero-order valence-electron chi connectivity index (χ0n) is 19.5. The number of benzene rings is 2. The highest BCUT2D eigenvalue weighted by Crippen LogP contribution is 2.27. The zero-order valence-corrected chi connectivity index (χ0v) is 20.4. The molecule has 0 radical (unpaired) electrons. The van der Waals surface area contributed by atoms with Crippen molar-refractivity contribution in [3.63, 3.8) is 0 Å². The van der Waals surface area contributed by atoms with Crippen molar-refractivity contribution in [2.45, 2.75) is 18.2 Å². The predicted octanol–water partition coefficient (Wildman–Crippen LogP) is 6.30. The summed E-state index contributed by atoms with van der Waals surface area (Å²) in [4.78, 5) is 20.7. The molecule has 4 rings (SSSR count). The number of anilines is 1. The Kier molecular flexibility index (Phi) is 8.97. The van der Waals surface area contributed by atoms with E-state index in [9.17, 15) is 18.0 Å². The fraction of sp³-hybridized carbons (Fsp3) is 0.111. The lowest BCUT2D eigenvalue weighted by Crippen LogP contribution is -2.09. The van der Waals surface area contributed by atoms with E-state index in [1.807, 2.05) is 13.1 Å². The lowest BCUT2D eigenvalue weighted by molar-refractivity contribution is 0.103. The van der Waals surface area contributed by atoms with Gasteiger partial charge in [-0.05, 0) is 48.4 Å². The summed E-state index contributed by atoms with van der Waals surface area (Å²) in [5.41, 5.74) is 6.56. The van der Waals surface area contributed by atoms with Crippen molar-refractivity contribution < 1.29 is 18.0 Å². The maximum atomic E-state index is 14.3. The van der Waals surface area contributed by atoms with Crippen molar-refractivity contribution in [3.05, 3.63) is 108 Å². The molecule has 0 spiro atoms. The molecule has 36 heavy (non-hydrogen) atoms. The summed E-state index contributed by atoms with van der Waals surface area (Å²) in [5.74, 6) is -3.08. The van der Waals surface area contributed by atoms with E-state index >= 15 is 0 Å². The van der Waals surface area contributed by atoms with Crippen molar-refractivity contribution in [1.29, 1.82) is 0 Å². The monoisotopic (exact) mass is 510 g/mol. The second kappa shape index (κ2) is 12.1. The molecule has 5 nitrogen and oxygen atoms in total. The maximum absolute atomic E-state index is 14.3. The van der Waals surface area contributed by atoms with E-state index < -0.39 is 23.0 Å². The van der Waals surface area contributed by atoms with Crippen LogP contribution in [0.1, 0.15) is 34.8 Å². The quantitative estimate of drug-likeness (QED) is 0.0774. The molecular weight excluding hydrogens is 485 g/mol. The van der Waals surface area contributed by atoms with Crippen LogP contribution in [0.4, 0.5) is 18.9 Å². The molecular formula is C27H25F3N4OS. The van der Waals surface area contributed by atoms with Crippen molar-refractivity contribution in [2.24, 2.45) is 0 Å². The predicted molar refractivity (Wildman–Crippen MR) is 140 cm³/mol. The van der Waals surface area contributed by atoms with E-state index in [-0.39, 0.29) is 17.1 Å². The molecule has 2 heterocycles. The first kappa shape index (κ1) is 26.6. The molecule has 2 aromatic carbocycles. The van der Waals surface area contributed by atoms with Gasteiger partial charge in [0, 0.05) is 46.5 Å². The van der Waals surface area contributed by atoms with Crippen molar-refractivity contribution in [2.75, 3.05) is 12.3 Å². The number of allylic oxidation sites excluding steroid dienone is 2. The summed E-state index contributed by atoms with van der Waals surface area (Å²) < 4.78 is 40.6. The lowest BCUT2D eigenvalue weighted by Gasteiger charge is -2.07. The number of carbonyl (C=O) groups is 1. The summed E-state index contributed by atoms with van der Waals surface area (Å²) in [6.07, 6.45) is 7.46. The molecule has 0 bridgehead atoms. The average molecular weight is 511 g/mol. The third kappa shape index (κ3) is 6.17. The van der Waals surface area contributed by atoms with Gasteiger partial charge in [-0.1, -0.05) is 25.6 Å². The molecule has 2 aromatic heterocycles. The Morgan fingerprint density at radius 2 is 2.00 bits per heavy atom. The Bertz CT molecular complexity index is 1410. The molecule has 0 aliphatic heterocycles. The first-order chi connectivity index (χ1) is 17.3. The minimum Gasteiger partial charge on any atom is -0.396 e. The fourth-order valence-corrected chi connectivity index (χ4v) is 3.53. The Morgan fingerprint density at radius 1 is 1.22 bits per heavy atom. The van der Waals surface area contributed by atoms with Gasteiger partial charge in [-0.15, -0.1) is 12.6 Å². The highest BCUT2D eigenvalue weighted by molar-refractivity contribution is 7.80. The van der Waals surface area contributed by atoms with Gasteiger partial charge in [0.2, 0.25) is 5.78 Å². The number of nitrogens with two attached hydrogens (primary N) is 1. The van der Waals surface area contributed by atoms with Gasteiger partial charge in [0.05, 0.1) is 11.3 Å². The van der Waals surface area contributed by atoms with Crippen LogP contribution in [0.5, 0.6) is 0 Å². The molecule has 4 aromatic rings. The number of H-pyrrole nitrogens is 1. The number of nitrogens with zero attached hydrogens (tertiary/aromatic N) is 1. The Morgan fingerprint density at radius 3 is 2.64 bits per heavy atom. The van der Waals surface area contributed by atoms with Gasteiger partial charge in [-0.25, -0.2) is 18.2 Å². The summed E-state index contributed by atoms with van der Waals surface area (Å²) >= 11 is 3.91. The van der Waals surface area contributed by atoms with E-state index in [0.717, 1.165) is 30.7 Å². The van der Waals surface area contributed by atoms with Crippen LogP contribution in [0, 0.1) is 17.5 Å². The minimum atomic E-state index is -1.07. The van der Waals surface area contributed by atoms with E-state index in [4.69, 9.17) is 5.73 Å². The number of aromatic amines is 1. The molecule has 0 fully saturated rings. The number of pyridine rings is 1. The van der Waals surface area contributed by atoms with Crippen molar-refractivity contribution in [3.8, 4) is 0 Å². The number of nitrogen functional groups attached to an aromatic ring is 1. The summed E-state index contributed by atoms with van der Waals surface area (Å²) in [7, 11) is 0. The average Bonchev–Trinajstić information content (AvgIpc) is 3.28. The van der Waals surface area contributed by atoms with Crippen molar-refractivity contribution in [1.82, 2.24) is 15.3 Å². The second-order valence-electron chi connectivity index (χ2n) is 7.72. The first-order valence-electron chi connectivity index (χ1n) is 11.0. The summed E-state index contributed by atoms with van der Waals surface area (Å²) in [6.45, 7) is 6.65. The molecule has 9 heteroatoms. The number of halogens is 3. The molecule has 0 unspecified atom stereocenters. The fourth-order valence-electron chi connectivity index (χ4n) is 3.32. The molecule has 0 saturated carbocycles. The molecule has 186 valence electrons. The number of ketones is 1. The van der Waals surface area contributed by atoms with Gasteiger partial charge >= 0.3 is 0 Å². The summed E-state index contributed by atoms with van der Waals surface area (Å²) in [6, 6.07) is 9.89. The smallest absolute Gasteiger partial charge is 0.201 e. The van der Waals surface area contributed by atoms with E-state index in [1.165, 1.54) is 18.3 Å². The number of rotatable bonds is 7. The number of hydrogen-bond donors (Lipinski definition) is 4. The number of aromatic nitrogens is 2. The zero-order chi connectivity index (χ0) is 26.2. The molecule has 0 saturated heterocycles. The van der Waals surface area contributed by atoms with Crippen LogP contribution in [-0.4, -0.2) is 22.3 Å². The Balaban J connectivity index is 0.000000383. The lowest BCUT2D eigenvalue weighted by atomic mass is 10.00. The van der Waals surface area contributed by atoms with Crippen LogP contribution in [0.15, 0.2) is 78.6 Å². The maximum Gasteiger partial charge on any atom is 0.201 e. The SMILES string of the molecule is C=C/C(=C\NCCC)c1cnc2[nH]cc(C(=O)c3c(F)ccc(N)c3F)c2c1.Fc1cccc(S)c1. The molecule has 0 amide bonds. The molecule has 4 N–H and O–H groups in total. The van der Waals surface area contributed by atoms with Gasteiger partial charge in [0.1, 0.15) is 17.3 Å². The second-order valence-corrected chi connectivity index (χ2v) is 8.23. The highest BCUT2D eigenvalue weighted by Gasteiger charge is 2.24. The van der Waals surface area contributed by atoms with Crippen LogP contribution >= 0.6 is 12.6 Å². The third-order valence-corrected chi connectivity index (χ3v) is 5.42.